The Labute approximate surface area is 137 Å². The van der Waals surface area contributed by atoms with Gasteiger partial charge in [-0.05, 0) is 39.5 Å². The van der Waals surface area contributed by atoms with Gasteiger partial charge >= 0.3 is 0 Å². The molecule has 0 aromatic heterocycles. The quantitative estimate of drug-likeness (QED) is 0.555. The zero-order chi connectivity index (χ0) is 18.0. The average Bonchev–Trinajstić information content (AvgIpc) is 2.67. The molecule has 1 fully saturated rings. The largest absolute Gasteiger partial charge is 0.397 e. The van der Waals surface area contributed by atoms with Gasteiger partial charge in [0, 0.05) is 13.2 Å². The predicted octanol–water partition coefficient (Wildman–Crippen LogP) is 1.12. The third kappa shape index (κ3) is 8.74. The maximum absolute atomic E-state index is 12.8. The molecule has 7 heteroatoms. The van der Waals surface area contributed by atoms with E-state index in [1.807, 2.05) is 6.92 Å². The van der Waals surface area contributed by atoms with Crippen LogP contribution in [0.1, 0.15) is 40.5 Å². The van der Waals surface area contributed by atoms with Crippen LogP contribution in [0.15, 0.2) is 11.9 Å². The third-order valence-corrected chi connectivity index (χ3v) is 3.32. The van der Waals surface area contributed by atoms with Crippen LogP contribution >= 0.6 is 0 Å². The van der Waals surface area contributed by atoms with Crippen LogP contribution in [0.5, 0.6) is 0 Å². The maximum atomic E-state index is 12.8. The minimum Gasteiger partial charge on any atom is -0.397 e. The molecule has 0 aromatic rings. The van der Waals surface area contributed by atoms with Gasteiger partial charge in [0.1, 0.15) is 12.2 Å². The lowest BCUT2D eigenvalue weighted by molar-refractivity contribution is -0.190. The Morgan fingerprint density at radius 3 is 2.30 bits per heavy atom. The van der Waals surface area contributed by atoms with Crippen molar-refractivity contribution >= 4 is 0 Å². The monoisotopic (exact) mass is 338 g/mol. The fourth-order valence-corrected chi connectivity index (χ4v) is 2.46. The SMILES string of the molecule is C/C(F)=C\C(C)CC(C)OC1OC(CCO)C(O)C1O.CCO. The highest BCUT2D eigenvalue weighted by Crippen LogP contribution is 2.26. The number of aliphatic hydroxyl groups excluding tert-OH is 4. The van der Waals surface area contributed by atoms with E-state index < -0.39 is 24.6 Å². The molecule has 6 unspecified atom stereocenters. The Morgan fingerprint density at radius 1 is 1.26 bits per heavy atom. The summed E-state index contributed by atoms with van der Waals surface area (Å²) in [4.78, 5) is 0. The first kappa shape index (κ1) is 22.4. The minimum atomic E-state index is -1.14. The Bertz CT molecular complexity index is 335. The number of aliphatic hydroxyl groups is 4. The van der Waals surface area contributed by atoms with Gasteiger partial charge in [0.15, 0.2) is 6.29 Å². The molecule has 4 N–H and O–H groups in total. The summed E-state index contributed by atoms with van der Waals surface area (Å²) >= 11 is 0. The van der Waals surface area contributed by atoms with Gasteiger partial charge in [0.2, 0.25) is 0 Å². The van der Waals surface area contributed by atoms with Gasteiger partial charge in [0.25, 0.3) is 0 Å². The van der Waals surface area contributed by atoms with Crippen LogP contribution in [0, 0.1) is 5.92 Å². The fourth-order valence-electron chi connectivity index (χ4n) is 2.46. The highest BCUT2D eigenvalue weighted by Gasteiger charge is 2.43. The first-order valence-electron chi connectivity index (χ1n) is 7.99. The Balaban J connectivity index is 0.00000149. The summed E-state index contributed by atoms with van der Waals surface area (Å²) in [5.41, 5.74) is 0. The summed E-state index contributed by atoms with van der Waals surface area (Å²) in [6, 6.07) is 0. The summed E-state index contributed by atoms with van der Waals surface area (Å²) in [6.07, 6.45) is -1.67. The standard InChI is InChI=1S/C14H25FO5.C2H6O/c1-8(6-9(2)15)7-10(3)19-14-13(18)12(17)11(20-14)4-5-16;1-2-3/h6,8,10-14,16-18H,4-5,7H2,1-3H3;3H,2H2,1H3/b9-6+;. The zero-order valence-corrected chi connectivity index (χ0v) is 14.4. The molecule has 6 atom stereocenters. The van der Waals surface area contributed by atoms with Crippen molar-refractivity contribution in [3.05, 3.63) is 11.9 Å². The second kappa shape index (κ2) is 11.9. The lowest BCUT2D eigenvalue weighted by Crippen LogP contribution is -2.35. The Morgan fingerprint density at radius 2 is 1.83 bits per heavy atom. The van der Waals surface area contributed by atoms with Crippen LogP contribution in [-0.4, -0.2) is 64.3 Å². The lowest BCUT2D eigenvalue weighted by Gasteiger charge is -2.22. The van der Waals surface area contributed by atoms with Gasteiger partial charge in [-0.1, -0.05) is 13.0 Å². The summed E-state index contributed by atoms with van der Waals surface area (Å²) in [5, 5.41) is 36.0. The van der Waals surface area contributed by atoms with Crippen molar-refractivity contribution in [2.75, 3.05) is 13.2 Å². The normalized spacial score (nSPS) is 30.6. The van der Waals surface area contributed by atoms with Gasteiger partial charge in [0.05, 0.1) is 18.0 Å². The van der Waals surface area contributed by atoms with Crippen molar-refractivity contribution in [1.29, 1.82) is 0 Å². The molecule has 1 heterocycles. The highest BCUT2D eigenvalue weighted by atomic mass is 19.1. The van der Waals surface area contributed by atoms with Crippen molar-refractivity contribution in [2.45, 2.75) is 71.2 Å². The van der Waals surface area contributed by atoms with Crippen molar-refractivity contribution < 1.29 is 34.3 Å². The molecular formula is C16H31FO6. The van der Waals surface area contributed by atoms with E-state index in [0.717, 1.165) is 0 Å². The van der Waals surface area contributed by atoms with Gasteiger partial charge in [-0.3, -0.25) is 0 Å². The smallest absolute Gasteiger partial charge is 0.186 e. The zero-order valence-electron chi connectivity index (χ0n) is 14.4. The van der Waals surface area contributed by atoms with Crippen LogP contribution in [0.2, 0.25) is 0 Å². The van der Waals surface area contributed by atoms with Crippen LogP contribution < -0.4 is 0 Å². The molecule has 0 bridgehead atoms. The fraction of sp³-hybridized carbons (Fsp3) is 0.875. The van der Waals surface area contributed by atoms with Crippen molar-refractivity contribution in [2.24, 2.45) is 5.92 Å². The first-order valence-corrected chi connectivity index (χ1v) is 7.99. The van der Waals surface area contributed by atoms with Crippen LogP contribution in [0.25, 0.3) is 0 Å². The summed E-state index contributed by atoms with van der Waals surface area (Å²) in [6.45, 7) is 6.87. The van der Waals surface area contributed by atoms with E-state index in [4.69, 9.17) is 19.7 Å². The third-order valence-electron chi connectivity index (χ3n) is 3.32. The summed E-state index contributed by atoms with van der Waals surface area (Å²) < 4.78 is 23.7. The highest BCUT2D eigenvalue weighted by molar-refractivity contribution is 4.91. The second-order valence-electron chi connectivity index (χ2n) is 5.77. The molecular weight excluding hydrogens is 307 g/mol. The van der Waals surface area contributed by atoms with Gasteiger partial charge in [-0.15, -0.1) is 0 Å². The average molecular weight is 338 g/mol. The number of hydrogen-bond acceptors (Lipinski definition) is 6. The van der Waals surface area contributed by atoms with Crippen LogP contribution in [-0.2, 0) is 9.47 Å². The topological polar surface area (TPSA) is 99.4 Å². The molecule has 1 aliphatic heterocycles. The van der Waals surface area contributed by atoms with Crippen molar-refractivity contribution in [3.63, 3.8) is 0 Å². The molecule has 1 saturated heterocycles. The molecule has 138 valence electrons. The number of hydrogen-bond donors (Lipinski definition) is 4. The molecule has 1 rings (SSSR count). The molecule has 0 spiro atoms. The van der Waals surface area contributed by atoms with E-state index in [2.05, 4.69) is 0 Å². The molecule has 0 amide bonds. The minimum absolute atomic E-state index is 0.00621. The molecule has 0 aromatic carbocycles. The van der Waals surface area contributed by atoms with Gasteiger partial charge < -0.3 is 29.9 Å². The summed E-state index contributed by atoms with van der Waals surface area (Å²) in [7, 11) is 0. The Hall–Kier alpha value is -0.570. The number of rotatable bonds is 7. The van der Waals surface area contributed by atoms with Crippen LogP contribution in [0.3, 0.4) is 0 Å². The number of ether oxygens (including phenoxy) is 2. The van der Waals surface area contributed by atoms with E-state index in [1.165, 1.54) is 13.0 Å². The van der Waals surface area contributed by atoms with Gasteiger partial charge in [-0.2, -0.15) is 0 Å². The molecule has 0 aliphatic carbocycles. The number of halogens is 1. The van der Waals surface area contributed by atoms with E-state index in [-0.39, 0.29) is 37.5 Å². The Kier molecular flexibility index (Phi) is 11.6. The van der Waals surface area contributed by atoms with E-state index in [1.54, 1.807) is 13.8 Å². The van der Waals surface area contributed by atoms with Crippen molar-refractivity contribution in [3.8, 4) is 0 Å². The van der Waals surface area contributed by atoms with E-state index in [9.17, 15) is 14.6 Å². The van der Waals surface area contributed by atoms with E-state index in [0.29, 0.717) is 6.42 Å². The lowest BCUT2D eigenvalue weighted by atomic mass is 10.0. The predicted molar refractivity (Wildman–Crippen MR) is 84.3 cm³/mol. The number of allylic oxidation sites excluding steroid dienone is 2. The van der Waals surface area contributed by atoms with Gasteiger partial charge in [-0.25, -0.2) is 4.39 Å². The molecule has 1 aliphatic rings. The first-order chi connectivity index (χ1) is 10.8. The molecule has 0 radical (unpaired) electrons. The van der Waals surface area contributed by atoms with E-state index >= 15 is 0 Å². The maximum Gasteiger partial charge on any atom is 0.186 e. The van der Waals surface area contributed by atoms with Crippen LogP contribution in [0.4, 0.5) is 4.39 Å². The molecule has 23 heavy (non-hydrogen) atoms. The summed E-state index contributed by atoms with van der Waals surface area (Å²) in [5.74, 6) is -0.230. The molecule has 0 saturated carbocycles. The van der Waals surface area contributed by atoms with Crippen molar-refractivity contribution in [1.82, 2.24) is 0 Å². The second-order valence-corrected chi connectivity index (χ2v) is 5.77. The molecule has 6 nitrogen and oxygen atoms in total.